The third-order valence-electron chi connectivity index (χ3n) is 4.34. The largest absolute Gasteiger partial charge is 0.309 e. The van der Waals surface area contributed by atoms with Crippen LogP contribution in [0.4, 0.5) is 0 Å². The third kappa shape index (κ3) is 3.50. The second-order valence-corrected chi connectivity index (χ2v) is 7.18. The number of aromatic amines is 1. The highest BCUT2D eigenvalue weighted by atomic mass is 32.2. The number of hydrogen-bond acceptors (Lipinski definition) is 5. The fourth-order valence-corrected chi connectivity index (χ4v) is 3.81. The minimum absolute atomic E-state index is 0.117. The summed E-state index contributed by atoms with van der Waals surface area (Å²) in [5.41, 5.74) is 2.84. The third-order valence-corrected chi connectivity index (χ3v) is 5.32. The first-order chi connectivity index (χ1) is 13.2. The van der Waals surface area contributed by atoms with Gasteiger partial charge in [0.15, 0.2) is 11.0 Å². The monoisotopic (exact) mass is 377 g/mol. The van der Waals surface area contributed by atoms with Gasteiger partial charge in [0, 0.05) is 12.1 Å². The quantitative estimate of drug-likeness (QED) is 0.535. The molecule has 0 atom stereocenters. The maximum atomic E-state index is 12.2. The summed E-state index contributed by atoms with van der Waals surface area (Å²) in [6, 6.07) is 15.6. The molecule has 4 rings (SSSR count). The van der Waals surface area contributed by atoms with Gasteiger partial charge in [-0.15, -0.1) is 10.2 Å². The van der Waals surface area contributed by atoms with E-state index in [9.17, 15) is 4.79 Å². The summed E-state index contributed by atoms with van der Waals surface area (Å²) in [7, 11) is 0. The molecule has 0 saturated carbocycles. The molecule has 7 heteroatoms. The molecule has 6 nitrogen and oxygen atoms in total. The van der Waals surface area contributed by atoms with Crippen LogP contribution in [0.5, 0.6) is 0 Å². The molecule has 0 bridgehead atoms. The predicted molar refractivity (Wildman–Crippen MR) is 108 cm³/mol. The van der Waals surface area contributed by atoms with Crippen LogP contribution >= 0.6 is 11.8 Å². The SMILES string of the molecule is CCn1c(SCc2nc3ccccc3c(=O)[nH]2)nnc1-c1ccc(C)cc1. The Hall–Kier alpha value is -2.93. The molecule has 0 spiro atoms. The van der Waals surface area contributed by atoms with Crippen LogP contribution in [0.1, 0.15) is 18.3 Å². The van der Waals surface area contributed by atoms with E-state index in [2.05, 4.69) is 62.8 Å². The number of H-pyrrole nitrogens is 1. The molecule has 2 heterocycles. The number of para-hydroxylation sites is 1. The van der Waals surface area contributed by atoms with Crippen LogP contribution < -0.4 is 5.56 Å². The highest BCUT2D eigenvalue weighted by Gasteiger charge is 2.14. The number of aryl methyl sites for hydroxylation is 1. The zero-order valence-corrected chi connectivity index (χ0v) is 16.0. The number of benzene rings is 2. The highest BCUT2D eigenvalue weighted by Crippen LogP contribution is 2.26. The van der Waals surface area contributed by atoms with E-state index in [1.54, 1.807) is 6.07 Å². The van der Waals surface area contributed by atoms with Crippen molar-refractivity contribution in [2.24, 2.45) is 0 Å². The number of nitrogens with zero attached hydrogens (tertiary/aromatic N) is 4. The summed E-state index contributed by atoms with van der Waals surface area (Å²) < 4.78 is 2.08. The lowest BCUT2D eigenvalue weighted by Crippen LogP contribution is -2.11. The predicted octanol–water partition coefficient (Wildman–Crippen LogP) is 3.80. The maximum Gasteiger partial charge on any atom is 0.258 e. The molecular formula is C20H19N5OS. The minimum atomic E-state index is -0.117. The molecule has 0 radical (unpaired) electrons. The average molecular weight is 377 g/mol. The summed E-state index contributed by atoms with van der Waals surface area (Å²) in [6.45, 7) is 4.90. The van der Waals surface area contributed by atoms with Crippen molar-refractivity contribution in [3.63, 3.8) is 0 Å². The molecule has 0 unspecified atom stereocenters. The molecule has 2 aromatic heterocycles. The molecule has 0 aliphatic heterocycles. The Morgan fingerprint density at radius 3 is 2.63 bits per heavy atom. The van der Waals surface area contributed by atoms with E-state index in [0.717, 1.165) is 23.1 Å². The molecule has 0 amide bonds. The van der Waals surface area contributed by atoms with Crippen molar-refractivity contribution in [1.29, 1.82) is 0 Å². The first-order valence-electron chi connectivity index (χ1n) is 8.76. The smallest absolute Gasteiger partial charge is 0.258 e. The van der Waals surface area contributed by atoms with Crippen LogP contribution in [0, 0.1) is 6.92 Å². The van der Waals surface area contributed by atoms with Gasteiger partial charge in [-0.3, -0.25) is 4.79 Å². The molecule has 0 aliphatic rings. The summed E-state index contributed by atoms with van der Waals surface area (Å²) in [5.74, 6) is 2.00. The van der Waals surface area contributed by atoms with E-state index >= 15 is 0 Å². The molecule has 0 fully saturated rings. The number of hydrogen-bond donors (Lipinski definition) is 1. The van der Waals surface area contributed by atoms with Crippen LogP contribution in [0.25, 0.3) is 22.3 Å². The van der Waals surface area contributed by atoms with Crippen molar-refractivity contribution in [3.8, 4) is 11.4 Å². The van der Waals surface area contributed by atoms with Crippen LogP contribution in [-0.4, -0.2) is 24.7 Å². The minimum Gasteiger partial charge on any atom is -0.309 e. The van der Waals surface area contributed by atoms with E-state index in [1.165, 1.54) is 17.3 Å². The lowest BCUT2D eigenvalue weighted by molar-refractivity contribution is 0.687. The Kier molecular flexibility index (Phi) is 4.77. The molecule has 4 aromatic rings. The zero-order chi connectivity index (χ0) is 18.8. The second-order valence-electron chi connectivity index (χ2n) is 6.23. The topological polar surface area (TPSA) is 76.5 Å². The number of nitrogens with one attached hydrogen (secondary N) is 1. The molecule has 1 N–H and O–H groups in total. The number of fused-ring (bicyclic) bond motifs is 1. The van der Waals surface area contributed by atoms with Crippen molar-refractivity contribution in [2.75, 3.05) is 0 Å². The molecule has 2 aromatic carbocycles. The fraction of sp³-hybridized carbons (Fsp3) is 0.200. The Balaban J connectivity index is 1.60. The summed E-state index contributed by atoms with van der Waals surface area (Å²) in [4.78, 5) is 19.6. The molecule has 0 aliphatic carbocycles. The van der Waals surface area contributed by atoms with Crippen molar-refractivity contribution < 1.29 is 0 Å². The van der Waals surface area contributed by atoms with Gasteiger partial charge in [-0.1, -0.05) is 53.7 Å². The van der Waals surface area contributed by atoms with E-state index in [4.69, 9.17) is 0 Å². The van der Waals surface area contributed by atoms with Crippen molar-refractivity contribution in [2.45, 2.75) is 31.3 Å². The number of thioether (sulfide) groups is 1. The van der Waals surface area contributed by atoms with Gasteiger partial charge in [-0.25, -0.2) is 4.98 Å². The molecular weight excluding hydrogens is 358 g/mol. The van der Waals surface area contributed by atoms with Crippen LogP contribution in [0.3, 0.4) is 0 Å². The maximum absolute atomic E-state index is 12.2. The fourth-order valence-electron chi connectivity index (χ4n) is 2.93. The van der Waals surface area contributed by atoms with E-state index in [-0.39, 0.29) is 5.56 Å². The van der Waals surface area contributed by atoms with Gasteiger partial charge in [-0.2, -0.15) is 0 Å². The van der Waals surface area contributed by atoms with Crippen molar-refractivity contribution in [3.05, 3.63) is 70.3 Å². The van der Waals surface area contributed by atoms with Gasteiger partial charge in [0.25, 0.3) is 5.56 Å². The molecule has 0 saturated heterocycles. The summed E-state index contributed by atoms with van der Waals surface area (Å²) >= 11 is 1.52. The van der Waals surface area contributed by atoms with Crippen molar-refractivity contribution in [1.82, 2.24) is 24.7 Å². The van der Waals surface area contributed by atoms with E-state index in [1.807, 2.05) is 18.2 Å². The van der Waals surface area contributed by atoms with Gasteiger partial charge in [-0.05, 0) is 26.0 Å². The highest BCUT2D eigenvalue weighted by molar-refractivity contribution is 7.98. The van der Waals surface area contributed by atoms with Crippen LogP contribution in [0.15, 0.2) is 58.5 Å². The average Bonchev–Trinajstić information content (AvgIpc) is 3.10. The molecule has 27 heavy (non-hydrogen) atoms. The van der Waals surface area contributed by atoms with Gasteiger partial charge >= 0.3 is 0 Å². The summed E-state index contributed by atoms with van der Waals surface area (Å²) in [5, 5.41) is 10.1. The Bertz CT molecular complexity index is 1150. The van der Waals surface area contributed by atoms with Gasteiger partial charge in [0.05, 0.1) is 16.7 Å². The lowest BCUT2D eigenvalue weighted by Gasteiger charge is -2.07. The first-order valence-corrected chi connectivity index (χ1v) is 9.75. The standard InChI is InChI=1S/C20H19N5OS/c1-3-25-18(14-10-8-13(2)9-11-14)23-24-20(25)27-12-17-21-16-7-5-4-6-15(16)19(26)22-17/h4-11H,3,12H2,1-2H3,(H,21,22,26). The summed E-state index contributed by atoms with van der Waals surface area (Å²) in [6.07, 6.45) is 0. The van der Waals surface area contributed by atoms with Crippen molar-refractivity contribution >= 4 is 22.7 Å². The van der Waals surface area contributed by atoms with Gasteiger partial charge < -0.3 is 9.55 Å². The normalized spacial score (nSPS) is 11.2. The Labute approximate surface area is 160 Å². The van der Waals surface area contributed by atoms with Gasteiger partial charge in [0.2, 0.25) is 0 Å². The Morgan fingerprint density at radius 1 is 1.07 bits per heavy atom. The number of rotatable bonds is 5. The lowest BCUT2D eigenvalue weighted by atomic mass is 10.1. The number of aromatic nitrogens is 5. The van der Waals surface area contributed by atoms with E-state index in [0.29, 0.717) is 22.5 Å². The zero-order valence-electron chi connectivity index (χ0n) is 15.1. The van der Waals surface area contributed by atoms with Gasteiger partial charge in [0.1, 0.15) is 5.82 Å². The Morgan fingerprint density at radius 2 is 1.85 bits per heavy atom. The second kappa shape index (κ2) is 7.36. The van der Waals surface area contributed by atoms with E-state index < -0.39 is 0 Å². The first kappa shape index (κ1) is 17.5. The molecule has 136 valence electrons. The van der Waals surface area contributed by atoms with Crippen LogP contribution in [0.2, 0.25) is 0 Å². The van der Waals surface area contributed by atoms with Crippen LogP contribution in [-0.2, 0) is 12.3 Å².